The van der Waals surface area contributed by atoms with Gasteiger partial charge in [0.15, 0.2) is 0 Å². The van der Waals surface area contributed by atoms with E-state index < -0.39 is 5.41 Å². The van der Waals surface area contributed by atoms with Gasteiger partial charge in [-0.3, -0.25) is 4.79 Å². The number of hydrogen-bond acceptors (Lipinski definition) is 2. The van der Waals surface area contributed by atoms with Crippen LogP contribution in [0.2, 0.25) is 0 Å². The topological polar surface area (TPSA) is 52.9 Å². The number of nitrogens with zero attached hydrogens (tertiary/aromatic N) is 1. The predicted molar refractivity (Wildman–Crippen MR) is 67.2 cm³/mol. The van der Waals surface area contributed by atoms with Crippen LogP contribution in [0.3, 0.4) is 0 Å². The molecule has 1 N–H and O–H groups in total. The quantitative estimate of drug-likeness (QED) is 0.889. The Hall–Kier alpha value is -1.89. The van der Waals surface area contributed by atoms with Gasteiger partial charge in [0.2, 0.25) is 5.91 Å². The first-order valence-electron chi connectivity index (χ1n) is 5.81. The average molecular weight is 248 g/mol. The lowest BCUT2D eigenvalue weighted by molar-refractivity contribution is -0.126. The molecule has 0 atom stereocenters. The molecule has 0 bridgehead atoms. The highest BCUT2D eigenvalue weighted by atomic mass is 19.1. The van der Waals surface area contributed by atoms with Gasteiger partial charge in [-0.1, -0.05) is 12.1 Å². The molecule has 0 aromatic heterocycles. The number of aryl methyl sites for hydroxylation is 1. The number of hydrogen-bond donors (Lipinski definition) is 1. The van der Waals surface area contributed by atoms with Crippen molar-refractivity contribution in [2.75, 3.05) is 6.54 Å². The third-order valence-corrected chi connectivity index (χ3v) is 2.77. The van der Waals surface area contributed by atoms with Crippen LogP contribution in [0.4, 0.5) is 4.39 Å². The minimum atomic E-state index is -1.02. The number of nitrogens with one attached hydrogen (secondary N) is 1. The van der Waals surface area contributed by atoms with E-state index in [1.165, 1.54) is 6.07 Å². The van der Waals surface area contributed by atoms with Gasteiger partial charge in [0, 0.05) is 6.54 Å². The molecule has 0 aliphatic rings. The summed E-state index contributed by atoms with van der Waals surface area (Å²) in [6.07, 6.45) is 0.619. The number of benzene rings is 1. The molecule has 0 heterocycles. The van der Waals surface area contributed by atoms with Crippen molar-refractivity contribution >= 4 is 5.91 Å². The molecule has 0 aliphatic heterocycles. The van der Waals surface area contributed by atoms with E-state index in [9.17, 15) is 9.18 Å². The van der Waals surface area contributed by atoms with Gasteiger partial charge in [-0.25, -0.2) is 4.39 Å². The van der Waals surface area contributed by atoms with Crippen LogP contribution in [-0.2, 0) is 11.2 Å². The first kappa shape index (κ1) is 14.2. The Morgan fingerprint density at radius 2 is 2.17 bits per heavy atom. The maximum atomic E-state index is 13.0. The number of carbonyl (C=O) groups excluding carboxylic acids is 1. The lowest BCUT2D eigenvalue weighted by Gasteiger charge is -2.14. The van der Waals surface area contributed by atoms with Crippen molar-refractivity contribution in [3.8, 4) is 6.07 Å². The van der Waals surface area contributed by atoms with Crippen molar-refractivity contribution in [1.29, 1.82) is 5.26 Å². The molecule has 1 aromatic carbocycles. The molecule has 0 aliphatic carbocycles. The summed E-state index contributed by atoms with van der Waals surface area (Å²) in [7, 11) is 0. The predicted octanol–water partition coefficient (Wildman–Crippen LogP) is 2.34. The van der Waals surface area contributed by atoms with E-state index in [-0.39, 0.29) is 11.7 Å². The molecule has 0 spiro atoms. The largest absolute Gasteiger partial charge is 0.354 e. The van der Waals surface area contributed by atoms with Gasteiger partial charge in [-0.05, 0) is 44.4 Å². The summed E-state index contributed by atoms with van der Waals surface area (Å²) in [4.78, 5) is 11.6. The molecule has 3 nitrogen and oxygen atoms in total. The fraction of sp³-hybridized carbons (Fsp3) is 0.429. The summed E-state index contributed by atoms with van der Waals surface area (Å²) in [5.41, 5.74) is 0.541. The van der Waals surface area contributed by atoms with Gasteiger partial charge < -0.3 is 5.32 Å². The van der Waals surface area contributed by atoms with E-state index in [0.29, 0.717) is 18.5 Å². The van der Waals surface area contributed by atoms with Crippen molar-refractivity contribution < 1.29 is 9.18 Å². The van der Waals surface area contributed by atoms with Crippen molar-refractivity contribution in [2.24, 2.45) is 5.41 Å². The van der Waals surface area contributed by atoms with E-state index in [4.69, 9.17) is 5.26 Å². The van der Waals surface area contributed by atoms with Crippen LogP contribution in [0, 0.1) is 29.5 Å². The summed E-state index contributed by atoms with van der Waals surface area (Å²) >= 11 is 0. The number of nitriles is 1. The van der Waals surface area contributed by atoms with Gasteiger partial charge in [0.1, 0.15) is 11.2 Å². The number of amides is 1. The van der Waals surface area contributed by atoms with Crippen LogP contribution in [0.25, 0.3) is 0 Å². The molecule has 1 amide bonds. The summed E-state index contributed by atoms with van der Waals surface area (Å²) in [6, 6.07) is 6.83. The second-order valence-electron chi connectivity index (χ2n) is 4.83. The third-order valence-electron chi connectivity index (χ3n) is 2.77. The molecule has 0 radical (unpaired) electrons. The molecule has 1 aromatic rings. The number of carbonyl (C=O) groups is 1. The molecule has 0 saturated heterocycles. The first-order valence-corrected chi connectivity index (χ1v) is 5.81. The zero-order chi connectivity index (χ0) is 13.8. The Balaban J connectivity index is 2.50. The summed E-state index contributed by atoms with van der Waals surface area (Å²) in [5, 5.41) is 11.5. The van der Waals surface area contributed by atoms with Crippen molar-refractivity contribution in [3.63, 3.8) is 0 Å². The standard InChI is InChI=1S/C14H17FN2O/c1-10-8-11(4-5-12(10)15)6-7-17-13(18)14(2,3)9-16/h4-5,8H,6-7H2,1-3H3,(H,17,18). The highest BCUT2D eigenvalue weighted by molar-refractivity contribution is 5.84. The SMILES string of the molecule is Cc1cc(CCNC(=O)C(C)(C)C#N)ccc1F. The van der Waals surface area contributed by atoms with Gasteiger partial charge >= 0.3 is 0 Å². The Kier molecular flexibility index (Phi) is 4.43. The van der Waals surface area contributed by atoms with E-state index in [1.54, 1.807) is 32.9 Å². The summed E-state index contributed by atoms with van der Waals surface area (Å²) in [6.45, 7) is 5.29. The lowest BCUT2D eigenvalue weighted by atomic mass is 9.95. The first-order chi connectivity index (χ1) is 8.36. The summed E-state index contributed by atoms with van der Waals surface area (Å²) < 4.78 is 13.0. The van der Waals surface area contributed by atoms with Crippen LogP contribution < -0.4 is 5.32 Å². The molecule has 0 unspecified atom stereocenters. The van der Waals surface area contributed by atoms with Crippen LogP contribution in [0.1, 0.15) is 25.0 Å². The molecule has 0 saturated carbocycles. The minimum absolute atomic E-state index is 0.228. The van der Waals surface area contributed by atoms with Crippen molar-refractivity contribution in [2.45, 2.75) is 27.2 Å². The molecular weight excluding hydrogens is 231 g/mol. The van der Waals surface area contributed by atoms with Crippen molar-refractivity contribution in [3.05, 3.63) is 35.1 Å². The average Bonchev–Trinajstić information content (AvgIpc) is 2.33. The van der Waals surface area contributed by atoms with Crippen molar-refractivity contribution in [1.82, 2.24) is 5.32 Å². The van der Waals surface area contributed by atoms with E-state index in [0.717, 1.165) is 5.56 Å². The van der Waals surface area contributed by atoms with Crippen LogP contribution in [0.5, 0.6) is 0 Å². The molecule has 0 fully saturated rings. The second kappa shape index (κ2) is 5.63. The van der Waals surface area contributed by atoms with Gasteiger partial charge in [-0.15, -0.1) is 0 Å². The van der Waals surface area contributed by atoms with Gasteiger partial charge in [-0.2, -0.15) is 5.26 Å². The zero-order valence-electron chi connectivity index (χ0n) is 10.9. The van der Waals surface area contributed by atoms with Gasteiger partial charge in [0.25, 0.3) is 0 Å². The molecule has 4 heteroatoms. The normalized spacial score (nSPS) is 10.8. The Morgan fingerprint density at radius 3 is 2.72 bits per heavy atom. The smallest absolute Gasteiger partial charge is 0.239 e. The molecule has 1 rings (SSSR count). The fourth-order valence-corrected chi connectivity index (χ4v) is 1.45. The fourth-order valence-electron chi connectivity index (χ4n) is 1.45. The van der Waals surface area contributed by atoms with Crippen LogP contribution in [-0.4, -0.2) is 12.5 Å². The van der Waals surface area contributed by atoms with Crippen LogP contribution in [0.15, 0.2) is 18.2 Å². The Morgan fingerprint density at radius 1 is 1.50 bits per heavy atom. The van der Waals surface area contributed by atoms with E-state index >= 15 is 0 Å². The summed E-state index contributed by atoms with van der Waals surface area (Å²) in [5.74, 6) is -0.516. The lowest BCUT2D eigenvalue weighted by Crippen LogP contribution is -2.36. The Labute approximate surface area is 107 Å². The molecule has 96 valence electrons. The Bertz CT molecular complexity index is 489. The van der Waals surface area contributed by atoms with E-state index in [2.05, 4.69) is 5.32 Å². The number of rotatable bonds is 4. The number of halogens is 1. The monoisotopic (exact) mass is 248 g/mol. The maximum absolute atomic E-state index is 13.0. The van der Waals surface area contributed by atoms with E-state index in [1.807, 2.05) is 6.07 Å². The minimum Gasteiger partial charge on any atom is -0.354 e. The highest BCUT2D eigenvalue weighted by Gasteiger charge is 2.26. The zero-order valence-corrected chi connectivity index (χ0v) is 10.9. The van der Waals surface area contributed by atoms with Gasteiger partial charge in [0.05, 0.1) is 6.07 Å². The maximum Gasteiger partial charge on any atom is 0.239 e. The highest BCUT2D eigenvalue weighted by Crippen LogP contribution is 2.13. The molecule has 18 heavy (non-hydrogen) atoms. The van der Waals surface area contributed by atoms with Crippen LogP contribution >= 0.6 is 0 Å². The molecular formula is C14H17FN2O. The third kappa shape index (κ3) is 3.56. The second-order valence-corrected chi connectivity index (χ2v) is 4.83.